The van der Waals surface area contributed by atoms with Crippen LogP contribution in [0.5, 0.6) is 0 Å². The Bertz CT molecular complexity index is 731. The Morgan fingerprint density at radius 1 is 1.23 bits per heavy atom. The summed E-state index contributed by atoms with van der Waals surface area (Å²) < 4.78 is 0. The number of nitrogens with zero attached hydrogens (tertiary/aromatic N) is 1. The molecule has 140 valence electrons. The van der Waals surface area contributed by atoms with Crippen LogP contribution in [0.2, 0.25) is 0 Å². The topological polar surface area (TPSA) is 90.5 Å². The first-order valence-electron chi connectivity index (χ1n) is 9.15. The normalized spacial score (nSPS) is 20.6. The van der Waals surface area contributed by atoms with Gasteiger partial charge in [0.2, 0.25) is 11.8 Å². The zero-order chi connectivity index (χ0) is 18.8. The van der Waals surface area contributed by atoms with E-state index in [2.05, 4.69) is 16.0 Å². The van der Waals surface area contributed by atoms with E-state index in [0.29, 0.717) is 25.8 Å². The van der Waals surface area contributed by atoms with E-state index in [1.54, 1.807) is 4.90 Å². The first-order valence-corrected chi connectivity index (χ1v) is 9.15. The zero-order valence-corrected chi connectivity index (χ0v) is 15.5. The van der Waals surface area contributed by atoms with Gasteiger partial charge in [-0.15, -0.1) is 0 Å². The number of likely N-dealkylation sites (tertiary alicyclic amines) is 1. The molecular weight excluding hydrogens is 332 g/mol. The standard InChI is InChI=1S/C19H26N4O3/c1-11(2)23-9-8-16(18(23)25)22-19(26)20-12(3)13-4-6-15-14(10-13)5-7-17(24)21-15/h4,6,10-12,16H,5,7-9H2,1-3H3,(H,21,24)(H2,20,22,26). The molecule has 4 amide bonds. The molecule has 0 aliphatic carbocycles. The maximum absolute atomic E-state index is 12.3. The lowest BCUT2D eigenvalue weighted by atomic mass is 9.98. The summed E-state index contributed by atoms with van der Waals surface area (Å²) in [6, 6.07) is 4.94. The lowest BCUT2D eigenvalue weighted by Crippen LogP contribution is -2.47. The quantitative estimate of drug-likeness (QED) is 0.768. The number of anilines is 1. The second-order valence-corrected chi connectivity index (χ2v) is 7.27. The number of benzene rings is 1. The predicted octanol–water partition coefficient (Wildman–Crippen LogP) is 1.94. The van der Waals surface area contributed by atoms with Gasteiger partial charge in [0.15, 0.2) is 0 Å². The largest absolute Gasteiger partial charge is 0.338 e. The van der Waals surface area contributed by atoms with Crippen molar-refractivity contribution in [2.75, 3.05) is 11.9 Å². The van der Waals surface area contributed by atoms with Gasteiger partial charge in [0.1, 0.15) is 6.04 Å². The molecule has 0 aromatic heterocycles. The van der Waals surface area contributed by atoms with Crippen molar-refractivity contribution >= 4 is 23.5 Å². The fourth-order valence-electron chi connectivity index (χ4n) is 3.50. The van der Waals surface area contributed by atoms with Crippen molar-refractivity contribution in [2.24, 2.45) is 0 Å². The molecule has 2 unspecified atom stereocenters. The van der Waals surface area contributed by atoms with Gasteiger partial charge in [-0.1, -0.05) is 12.1 Å². The number of rotatable bonds is 4. The summed E-state index contributed by atoms with van der Waals surface area (Å²) in [6.07, 6.45) is 1.82. The zero-order valence-electron chi connectivity index (χ0n) is 15.5. The molecule has 3 rings (SSSR count). The number of nitrogens with one attached hydrogen (secondary N) is 3. The number of amides is 4. The van der Waals surface area contributed by atoms with Gasteiger partial charge in [0.25, 0.3) is 0 Å². The van der Waals surface area contributed by atoms with E-state index in [4.69, 9.17) is 0 Å². The average molecular weight is 358 g/mol. The Labute approximate surface area is 153 Å². The summed E-state index contributed by atoms with van der Waals surface area (Å²) in [4.78, 5) is 37.8. The molecule has 2 aliphatic rings. The predicted molar refractivity (Wildman–Crippen MR) is 98.7 cm³/mol. The van der Waals surface area contributed by atoms with Gasteiger partial charge in [-0.2, -0.15) is 0 Å². The van der Waals surface area contributed by atoms with Crippen molar-refractivity contribution in [3.8, 4) is 0 Å². The number of carbonyl (C=O) groups excluding carboxylic acids is 3. The van der Waals surface area contributed by atoms with Crippen molar-refractivity contribution in [1.82, 2.24) is 15.5 Å². The summed E-state index contributed by atoms with van der Waals surface area (Å²) in [5.41, 5.74) is 2.89. The van der Waals surface area contributed by atoms with Crippen LogP contribution in [0.1, 0.15) is 50.8 Å². The van der Waals surface area contributed by atoms with E-state index < -0.39 is 6.04 Å². The maximum Gasteiger partial charge on any atom is 0.315 e. The third-order valence-electron chi connectivity index (χ3n) is 5.04. The van der Waals surface area contributed by atoms with Gasteiger partial charge in [0, 0.05) is 24.7 Å². The van der Waals surface area contributed by atoms with Crippen LogP contribution in [0.4, 0.5) is 10.5 Å². The van der Waals surface area contributed by atoms with Gasteiger partial charge in [0.05, 0.1) is 6.04 Å². The van der Waals surface area contributed by atoms with E-state index in [0.717, 1.165) is 16.8 Å². The van der Waals surface area contributed by atoms with Crippen molar-refractivity contribution in [3.63, 3.8) is 0 Å². The number of urea groups is 1. The highest BCUT2D eigenvalue weighted by atomic mass is 16.2. The molecule has 1 fully saturated rings. The van der Waals surface area contributed by atoms with Crippen LogP contribution < -0.4 is 16.0 Å². The van der Waals surface area contributed by atoms with E-state index >= 15 is 0 Å². The lowest BCUT2D eigenvalue weighted by Gasteiger charge is -2.22. The molecule has 7 nitrogen and oxygen atoms in total. The highest BCUT2D eigenvalue weighted by Crippen LogP contribution is 2.26. The number of hydrogen-bond donors (Lipinski definition) is 3. The minimum atomic E-state index is -0.455. The molecule has 1 aromatic rings. The van der Waals surface area contributed by atoms with Gasteiger partial charge in [-0.3, -0.25) is 9.59 Å². The van der Waals surface area contributed by atoms with Gasteiger partial charge < -0.3 is 20.9 Å². The Morgan fingerprint density at radius 2 is 2.00 bits per heavy atom. The van der Waals surface area contributed by atoms with Crippen molar-refractivity contribution in [3.05, 3.63) is 29.3 Å². The van der Waals surface area contributed by atoms with Crippen LogP contribution >= 0.6 is 0 Å². The molecule has 7 heteroatoms. The van der Waals surface area contributed by atoms with E-state index in [9.17, 15) is 14.4 Å². The molecule has 0 saturated carbocycles. The summed E-state index contributed by atoms with van der Waals surface area (Å²) in [7, 11) is 0. The van der Waals surface area contributed by atoms with Crippen LogP contribution in [-0.4, -0.2) is 41.4 Å². The van der Waals surface area contributed by atoms with Gasteiger partial charge in [-0.05, 0) is 50.8 Å². The molecule has 1 saturated heterocycles. The van der Waals surface area contributed by atoms with Crippen LogP contribution in [0.15, 0.2) is 18.2 Å². The molecule has 2 heterocycles. The molecule has 0 spiro atoms. The Hall–Kier alpha value is -2.57. The first-order chi connectivity index (χ1) is 12.3. The molecule has 3 N–H and O–H groups in total. The third-order valence-corrected chi connectivity index (χ3v) is 5.04. The van der Waals surface area contributed by atoms with Crippen LogP contribution in [0.25, 0.3) is 0 Å². The van der Waals surface area contributed by atoms with Crippen molar-refractivity contribution in [2.45, 2.75) is 58.2 Å². The fourth-order valence-corrected chi connectivity index (χ4v) is 3.50. The fraction of sp³-hybridized carbons (Fsp3) is 0.526. The van der Waals surface area contributed by atoms with E-state index in [-0.39, 0.29) is 29.9 Å². The third kappa shape index (κ3) is 3.81. The number of hydrogen-bond acceptors (Lipinski definition) is 3. The SMILES string of the molecule is CC(NC(=O)NC1CCN(C(C)C)C1=O)c1ccc2c(c1)CCC(=O)N2. The molecule has 1 aromatic carbocycles. The average Bonchev–Trinajstić information content (AvgIpc) is 2.95. The lowest BCUT2D eigenvalue weighted by molar-refractivity contribution is -0.130. The molecule has 2 aliphatic heterocycles. The van der Waals surface area contributed by atoms with Crippen LogP contribution in [0.3, 0.4) is 0 Å². The van der Waals surface area contributed by atoms with E-state index in [1.807, 2.05) is 39.0 Å². The number of carbonyl (C=O) groups is 3. The van der Waals surface area contributed by atoms with Gasteiger partial charge in [-0.25, -0.2) is 4.79 Å². The Balaban J connectivity index is 1.58. The first kappa shape index (κ1) is 18.2. The molecule has 0 radical (unpaired) electrons. The molecular formula is C19H26N4O3. The van der Waals surface area contributed by atoms with Gasteiger partial charge >= 0.3 is 6.03 Å². The second kappa shape index (κ2) is 7.35. The van der Waals surface area contributed by atoms with Crippen LogP contribution in [-0.2, 0) is 16.0 Å². The monoisotopic (exact) mass is 358 g/mol. The molecule has 0 bridgehead atoms. The Morgan fingerprint density at radius 3 is 2.69 bits per heavy atom. The molecule has 26 heavy (non-hydrogen) atoms. The number of fused-ring (bicyclic) bond motifs is 1. The highest BCUT2D eigenvalue weighted by molar-refractivity contribution is 5.94. The summed E-state index contributed by atoms with van der Waals surface area (Å²) in [6.45, 7) is 6.52. The number of aryl methyl sites for hydroxylation is 1. The van der Waals surface area contributed by atoms with Crippen molar-refractivity contribution in [1.29, 1.82) is 0 Å². The van der Waals surface area contributed by atoms with E-state index in [1.165, 1.54) is 0 Å². The second-order valence-electron chi connectivity index (χ2n) is 7.27. The minimum absolute atomic E-state index is 0.0210. The smallest absolute Gasteiger partial charge is 0.315 e. The highest BCUT2D eigenvalue weighted by Gasteiger charge is 2.34. The Kier molecular flexibility index (Phi) is 5.15. The van der Waals surface area contributed by atoms with Crippen molar-refractivity contribution < 1.29 is 14.4 Å². The summed E-state index contributed by atoms with van der Waals surface area (Å²) in [5.74, 6) is 0.0137. The maximum atomic E-state index is 12.3. The van der Waals surface area contributed by atoms with Crippen LogP contribution in [0, 0.1) is 0 Å². The minimum Gasteiger partial charge on any atom is -0.338 e. The molecule has 2 atom stereocenters. The summed E-state index contributed by atoms with van der Waals surface area (Å²) >= 11 is 0. The summed E-state index contributed by atoms with van der Waals surface area (Å²) in [5, 5.41) is 8.53.